The van der Waals surface area contributed by atoms with E-state index >= 15 is 0 Å². The zero-order valence-electron chi connectivity index (χ0n) is 11.6. The maximum Gasteiger partial charge on any atom is 0.274 e. The molecule has 1 aromatic carbocycles. The highest BCUT2D eigenvalue weighted by molar-refractivity contribution is 5.39. The van der Waals surface area contributed by atoms with Gasteiger partial charge in [-0.25, -0.2) is 0 Å². The summed E-state index contributed by atoms with van der Waals surface area (Å²) in [6, 6.07) is 12.8. The van der Waals surface area contributed by atoms with Gasteiger partial charge in [-0.1, -0.05) is 24.3 Å². The van der Waals surface area contributed by atoms with Gasteiger partial charge in [0.1, 0.15) is 5.49 Å². The first-order valence-corrected chi connectivity index (χ1v) is 6.49. The molecule has 0 saturated heterocycles. The third-order valence-corrected chi connectivity index (χ3v) is 3.02. The van der Waals surface area contributed by atoms with Crippen LogP contribution in [0.25, 0.3) is 0 Å². The van der Waals surface area contributed by atoms with Crippen molar-refractivity contribution in [2.75, 3.05) is 0 Å². The van der Waals surface area contributed by atoms with Crippen LogP contribution in [0.1, 0.15) is 25.5 Å². The molecule has 0 aliphatic heterocycles. The Morgan fingerprint density at radius 1 is 1.20 bits per heavy atom. The van der Waals surface area contributed by atoms with Crippen LogP contribution < -0.4 is 5.49 Å². The second-order valence-corrected chi connectivity index (χ2v) is 4.76. The van der Waals surface area contributed by atoms with Crippen LogP contribution >= 0.6 is 0 Å². The Morgan fingerprint density at radius 3 is 2.60 bits per heavy atom. The number of nitrogens with zero attached hydrogens (tertiary/aromatic N) is 3. The van der Waals surface area contributed by atoms with Crippen molar-refractivity contribution in [1.29, 1.82) is 0 Å². The number of hydrogen-bond donors (Lipinski definition) is 0. The van der Waals surface area contributed by atoms with Crippen LogP contribution in [0.5, 0.6) is 0 Å². The van der Waals surface area contributed by atoms with Gasteiger partial charge in [0, 0.05) is 18.3 Å². The molecule has 0 aliphatic rings. The van der Waals surface area contributed by atoms with Gasteiger partial charge in [0.05, 0.1) is 17.0 Å². The Morgan fingerprint density at radius 2 is 1.90 bits per heavy atom. The summed E-state index contributed by atoms with van der Waals surface area (Å²) >= 11 is 0. The van der Waals surface area contributed by atoms with Crippen molar-refractivity contribution in [1.82, 2.24) is 4.57 Å². The quantitative estimate of drug-likeness (QED) is 0.633. The predicted molar refractivity (Wildman–Crippen MR) is 77.2 cm³/mol. The number of aromatic nitrogens is 1. The second-order valence-electron chi connectivity index (χ2n) is 4.76. The molecule has 0 saturated carbocycles. The van der Waals surface area contributed by atoms with E-state index in [0.717, 1.165) is 5.49 Å². The van der Waals surface area contributed by atoms with Crippen molar-refractivity contribution in [2.45, 2.75) is 26.4 Å². The van der Waals surface area contributed by atoms with E-state index in [2.05, 4.69) is 18.8 Å². The lowest BCUT2D eigenvalue weighted by molar-refractivity contribution is -0.385. The van der Waals surface area contributed by atoms with Crippen LogP contribution in [0, 0.1) is 10.1 Å². The molecule has 1 aromatic heterocycles. The van der Waals surface area contributed by atoms with Gasteiger partial charge in [-0.3, -0.25) is 15.1 Å². The number of hydrogen-bond acceptors (Lipinski definition) is 3. The maximum atomic E-state index is 11.0. The van der Waals surface area contributed by atoms with E-state index in [4.69, 9.17) is 0 Å². The standard InChI is InChI=1S/C15H17N3O2/c1-12(2)17-10-6-5-9-15(17)16-11-13-7-3-4-8-14(13)18(19)20/h3-10,12H,11H2,1-2H3. The first-order chi connectivity index (χ1) is 9.59. The highest BCUT2D eigenvalue weighted by Crippen LogP contribution is 2.18. The first kappa shape index (κ1) is 14.0. The van der Waals surface area contributed by atoms with Crippen LogP contribution in [-0.2, 0) is 6.54 Å². The second kappa shape index (κ2) is 6.14. The van der Waals surface area contributed by atoms with E-state index in [-0.39, 0.29) is 10.6 Å². The summed E-state index contributed by atoms with van der Waals surface area (Å²) < 4.78 is 2.04. The van der Waals surface area contributed by atoms with Crippen molar-refractivity contribution < 1.29 is 4.92 Å². The van der Waals surface area contributed by atoms with Gasteiger partial charge in [-0.05, 0) is 26.0 Å². The van der Waals surface area contributed by atoms with E-state index in [1.165, 1.54) is 6.07 Å². The Hall–Kier alpha value is -2.43. The summed E-state index contributed by atoms with van der Waals surface area (Å²) in [6.07, 6.45) is 1.96. The molecule has 0 atom stereocenters. The van der Waals surface area contributed by atoms with Crippen molar-refractivity contribution in [3.05, 3.63) is 69.8 Å². The van der Waals surface area contributed by atoms with Crippen LogP contribution in [0.2, 0.25) is 0 Å². The van der Waals surface area contributed by atoms with Gasteiger partial charge in [-0.15, -0.1) is 0 Å². The largest absolute Gasteiger partial charge is 0.331 e. The Balaban J connectivity index is 2.38. The van der Waals surface area contributed by atoms with Gasteiger partial charge in [0.15, 0.2) is 0 Å². The molecule has 2 aromatic rings. The fourth-order valence-corrected chi connectivity index (χ4v) is 2.01. The minimum Gasteiger partial charge on any atom is -0.331 e. The molecule has 2 rings (SSSR count). The lowest BCUT2D eigenvalue weighted by Crippen LogP contribution is -2.21. The molecule has 0 unspecified atom stereocenters. The minimum atomic E-state index is -0.369. The average molecular weight is 271 g/mol. The molecule has 104 valence electrons. The Kier molecular flexibility index (Phi) is 4.30. The number of rotatable bonds is 4. The van der Waals surface area contributed by atoms with Gasteiger partial charge in [0.25, 0.3) is 5.69 Å². The molecule has 20 heavy (non-hydrogen) atoms. The Labute approximate surface area is 117 Å². The summed E-state index contributed by atoms with van der Waals surface area (Å²) in [4.78, 5) is 15.1. The predicted octanol–water partition coefficient (Wildman–Crippen LogP) is 3.08. The van der Waals surface area contributed by atoms with Crippen molar-refractivity contribution >= 4 is 5.69 Å². The van der Waals surface area contributed by atoms with Gasteiger partial charge < -0.3 is 4.57 Å². The summed E-state index contributed by atoms with van der Waals surface area (Å²) in [5, 5.41) is 11.0. The molecule has 0 aliphatic carbocycles. The molecule has 0 fully saturated rings. The summed E-state index contributed by atoms with van der Waals surface area (Å²) in [5.74, 6) is 0. The van der Waals surface area contributed by atoms with E-state index in [1.807, 2.05) is 29.0 Å². The summed E-state index contributed by atoms with van der Waals surface area (Å²) in [6.45, 7) is 4.45. The topological polar surface area (TPSA) is 60.4 Å². The highest BCUT2D eigenvalue weighted by Gasteiger charge is 2.11. The SMILES string of the molecule is CC(C)n1ccccc1=NCc1ccccc1[N+](=O)[O-]. The lowest BCUT2D eigenvalue weighted by atomic mass is 10.2. The molecule has 0 spiro atoms. The zero-order chi connectivity index (χ0) is 14.5. The normalized spacial score (nSPS) is 11.8. The minimum absolute atomic E-state index is 0.114. The monoisotopic (exact) mass is 271 g/mol. The van der Waals surface area contributed by atoms with E-state index in [0.29, 0.717) is 18.2 Å². The molecule has 0 amide bonds. The molecule has 1 heterocycles. The zero-order valence-corrected chi connectivity index (χ0v) is 11.6. The number of para-hydroxylation sites is 1. The average Bonchev–Trinajstić information content (AvgIpc) is 2.45. The van der Waals surface area contributed by atoms with Crippen LogP contribution in [0.15, 0.2) is 53.7 Å². The Bertz CT molecular complexity index is 675. The number of nitro groups is 1. The van der Waals surface area contributed by atoms with E-state index in [1.54, 1.807) is 18.2 Å². The molecular weight excluding hydrogens is 254 g/mol. The summed E-state index contributed by atoms with van der Waals surface area (Å²) in [7, 11) is 0. The van der Waals surface area contributed by atoms with Crippen molar-refractivity contribution in [2.24, 2.45) is 4.99 Å². The third-order valence-electron chi connectivity index (χ3n) is 3.02. The smallest absolute Gasteiger partial charge is 0.274 e. The van der Waals surface area contributed by atoms with Crippen molar-refractivity contribution in [3.8, 4) is 0 Å². The third kappa shape index (κ3) is 3.12. The van der Waals surface area contributed by atoms with Crippen molar-refractivity contribution in [3.63, 3.8) is 0 Å². The fraction of sp³-hybridized carbons (Fsp3) is 0.267. The molecular formula is C15H17N3O2. The van der Waals surface area contributed by atoms with Crippen LogP contribution in [0.4, 0.5) is 5.69 Å². The number of nitro benzene ring substituents is 1. The van der Waals surface area contributed by atoms with Gasteiger partial charge >= 0.3 is 0 Å². The van der Waals surface area contributed by atoms with E-state index < -0.39 is 0 Å². The molecule has 0 bridgehead atoms. The molecule has 0 radical (unpaired) electrons. The molecule has 5 nitrogen and oxygen atoms in total. The number of benzene rings is 1. The first-order valence-electron chi connectivity index (χ1n) is 6.49. The highest BCUT2D eigenvalue weighted by atomic mass is 16.6. The molecule has 5 heteroatoms. The van der Waals surface area contributed by atoms with E-state index in [9.17, 15) is 10.1 Å². The van der Waals surface area contributed by atoms with Crippen LogP contribution in [0.3, 0.4) is 0 Å². The maximum absolute atomic E-state index is 11.0. The number of pyridine rings is 1. The van der Waals surface area contributed by atoms with Crippen LogP contribution in [-0.4, -0.2) is 9.49 Å². The van der Waals surface area contributed by atoms with Gasteiger partial charge in [-0.2, -0.15) is 0 Å². The lowest BCUT2D eigenvalue weighted by Gasteiger charge is -2.10. The fourth-order valence-electron chi connectivity index (χ4n) is 2.01. The van der Waals surface area contributed by atoms with Gasteiger partial charge in [0.2, 0.25) is 0 Å². The summed E-state index contributed by atoms with van der Waals surface area (Å²) in [5.41, 5.74) is 1.56. The molecule has 0 N–H and O–H groups in total.